The molecule has 5 heteroatoms. The summed E-state index contributed by atoms with van der Waals surface area (Å²) in [5.74, 6) is 0.131. The first kappa shape index (κ1) is 18.9. The summed E-state index contributed by atoms with van der Waals surface area (Å²) in [6, 6.07) is 8.73. The van der Waals surface area contributed by atoms with Gasteiger partial charge in [0.05, 0.1) is 12.1 Å². The maximum Gasteiger partial charge on any atom is 0.221 e. The molecule has 1 aromatic rings. The Hall–Kier alpha value is -1.43. The van der Waals surface area contributed by atoms with Crippen molar-refractivity contribution >= 4 is 5.91 Å². The largest absolute Gasteiger partial charge is 0.390 e. The van der Waals surface area contributed by atoms with Crippen LogP contribution in [0.15, 0.2) is 24.3 Å². The standard InChI is InChI=1S/C22H33N3O2/c26-19(25-16-6-2-1-3-7-16)10-13-24-20-17-8-4-5-9-18(17)22(21(20)27)11-14-23-15-12-22/h4-5,8-9,16,20-21,23-24,27H,1-3,6-7,10-15H2,(H,25,26)/t20-,21+/m0/s1. The fourth-order valence-electron chi connectivity index (χ4n) is 5.42. The molecule has 1 saturated carbocycles. The molecule has 0 unspecified atom stereocenters. The Morgan fingerprint density at radius 3 is 2.67 bits per heavy atom. The average Bonchev–Trinajstić information content (AvgIpc) is 2.92. The molecular weight excluding hydrogens is 338 g/mol. The lowest BCUT2D eigenvalue weighted by Gasteiger charge is -2.39. The van der Waals surface area contributed by atoms with Crippen LogP contribution in [0.5, 0.6) is 0 Å². The van der Waals surface area contributed by atoms with Crippen LogP contribution in [0.4, 0.5) is 0 Å². The minimum atomic E-state index is -0.432. The SMILES string of the molecule is O=C(CCN[C@H]1c2ccccc2C2(CCNCC2)[C@@H]1O)NC1CCCCC1. The van der Waals surface area contributed by atoms with Gasteiger partial charge in [0, 0.05) is 24.4 Å². The van der Waals surface area contributed by atoms with Gasteiger partial charge in [-0.05, 0) is 49.9 Å². The van der Waals surface area contributed by atoms with Crippen LogP contribution in [-0.4, -0.2) is 42.8 Å². The van der Waals surface area contributed by atoms with E-state index in [-0.39, 0.29) is 17.4 Å². The topological polar surface area (TPSA) is 73.4 Å². The predicted octanol–water partition coefficient (Wildman–Crippen LogP) is 2.15. The van der Waals surface area contributed by atoms with E-state index in [1.165, 1.54) is 30.4 Å². The number of amides is 1. The van der Waals surface area contributed by atoms with Crippen molar-refractivity contribution in [1.82, 2.24) is 16.0 Å². The Balaban J connectivity index is 1.36. The van der Waals surface area contributed by atoms with Crippen LogP contribution >= 0.6 is 0 Å². The molecular formula is C22H33N3O2. The molecule has 148 valence electrons. The van der Waals surface area contributed by atoms with E-state index in [9.17, 15) is 9.90 Å². The lowest BCUT2D eigenvalue weighted by molar-refractivity contribution is -0.122. The van der Waals surface area contributed by atoms with Gasteiger partial charge in [-0.1, -0.05) is 43.5 Å². The van der Waals surface area contributed by atoms with Gasteiger partial charge >= 0.3 is 0 Å². The third-order valence-electron chi connectivity index (χ3n) is 6.90. The summed E-state index contributed by atoms with van der Waals surface area (Å²) in [7, 11) is 0. The quantitative estimate of drug-likeness (QED) is 0.640. The summed E-state index contributed by atoms with van der Waals surface area (Å²) >= 11 is 0. The molecule has 3 aliphatic rings. The van der Waals surface area contributed by atoms with Crippen molar-refractivity contribution in [1.29, 1.82) is 0 Å². The van der Waals surface area contributed by atoms with Gasteiger partial charge in [-0.3, -0.25) is 4.79 Å². The van der Waals surface area contributed by atoms with E-state index in [1.807, 2.05) is 0 Å². The fraction of sp³-hybridized carbons (Fsp3) is 0.682. The number of aliphatic hydroxyl groups is 1. The number of fused-ring (bicyclic) bond motifs is 2. The molecule has 2 fully saturated rings. The van der Waals surface area contributed by atoms with E-state index in [2.05, 4.69) is 40.2 Å². The first-order chi connectivity index (χ1) is 13.2. The number of carbonyl (C=O) groups excluding carboxylic acids is 1. The van der Waals surface area contributed by atoms with Gasteiger partial charge in [-0.2, -0.15) is 0 Å². The van der Waals surface area contributed by atoms with Crippen LogP contribution in [0.1, 0.15) is 68.5 Å². The van der Waals surface area contributed by atoms with E-state index in [4.69, 9.17) is 0 Å². The molecule has 0 radical (unpaired) electrons. The van der Waals surface area contributed by atoms with Crippen molar-refractivity contribution in [3.05, 3.63) is 35.4 Å². The van der Waals surface area contributed by atoms with E-state index < -0.39 is 6.10 Å². The summed E-state index contributed by atoms with van der Waals surface area (Å²) < 4.78 is 0. The third kappa shape index (κ3) is 3.78. The minimum Gasteiger partial charge on any atom is -0.390 e. The Bertz CT molecular complexity index is 651. The third-order valence-corrected chi connectivity index (χ3v) is 6.90. The maximum absolute atomic E-state index is 12.3. The fourth-order valence-corrected chi connectivity index (χ4v) is 5.42. The van der Waals surface area contributed by atoms with Crippen molar-refractivity contribution in [3.63, 3.8) is 0 Å². The number of carbonyl (C=O) groups is 1. The molecule has 4 rings (SSSR count). The summed E-state index contributed by atoms with van der Waals surface area (Å²) in [5.41, 5.74) is 2.35. The molecule has 1 amide bonds. The molecule has 0 bridgehead atoms. The van der Waals surface area contributed by atoms with Crippen LogP contribution in [0.2, 0.25) is 0 Å². The molecule has 1 saturated heterocycles. The van der Waals surface area contributed by atoms with Crippen molar-refractivity contribution < 1.29 is 9.90 Å². The zero-order valence-electron chi connectivity index (χ0n) is 16.2. The first-order valence-electron chi connectivity index (χ1n) is 10.7. The maximum atomic E-state index is 12.3. The van der Waals surface area contributed by atoms with Gasteiger partial charge < -0.3 is 21.1 Å². The molecule has 2 atom stereocenters. The van der Waals surface area contributed by atoms with Crippen LogP contribution in [0.25, 0.3) is 0 Å². The molecule has 5 nitrogen and oxygen atoms in total. The summed E-state index contributed by atoms with van der Waals surface area (Å²) in [5, 5.41) is 21.3. The van der Waals surface area contributed by atoms with E-state index in [1.54, 1.807) is 0 Å². The van der Waals surface area contributed by atoms with Gasteiger partial charge in [-0.15, -0.1) is 0 Å². The average molecular weight is 372 g/mol. The predicted molar refractivity (Wildman–Crippen MR) is 107 cm³/mol. The molecule has 1 aliphatic heterocycles. The summed E-state index contributed by atoms with van der Waals surface area (Å²) in [6.45, 7) is 2.49. The Morgan fingerprint density at radius 2 is 1.89 bits per heavy atom. The lowest BCUT2D eigenvalue weighted by atomic mass is 9.72. The molecule has 4 N–H and O–H groups in total. The van der Waals surface area contributed by atoms with Crippen molar-refractivity contribution in [2.45, 2.75) is 75.0 Å². The van der Waals surface area contributed by atoms with Crippen LogP contribution in [-0.2, 0) is 10.2 Å². The van der Waals surface area contributed by atoms with Crippen LogP contribution in [0, 0.1) is 0 Å². The second-order valence-electron chi connectivity index (χ2n) is 8.52. The lowest BCUT2D eigenvalue weighted by Crippen LogP contribution is -2.48. The van der Waals surface area contributed by atoms with E-state index in [0.29, 0.717) is 19.0 Å². The van der Waals surface area contributed by atoms with Gasteiger partial charge in [0.2, 0.25) is 5.91 Å². The Morgan fingerprint density at radius 1 is 1.15 bits per heavy atom. The number of hydrogen-bond donors (Lipinski definition) is 4. The molecule has 2 aliphatic carbocycles. The monoisotopic (exact) mass is 371 g/mol. The van der Waals surface area contributed by atoms with Gasteiger partial charge in [0.1, 0.15) is 0 Å². The number of rotatable bonds is 5. The number of piperidine rings is 1. The van der Waals surface area contributed by atoms with Gasteiger partial charge in [-0.25, -0.2) is 0 Å². The zero-order chi connectivity index (χ0) is 18.7. The van der Waals surface area contributed by atoms with Gasteiger partial charge in [0.25, 0.3) is 0 Å². The summed E-state index contributed by atoms with van der Waals surface area (Å²) in [6.07, 6.45) is 7.95. The highest BCUT2D eigenvalue weighted by atomic mass is 16.3. The van der Waals surface area contributed by atoms with E-state index >= 15 is 0 Å². The van der Waals surface area contributed by atoms with Gasteiger partial charge in [0.15, 0.2) is 0 Å². The van der Waals surface area contributed by atoms with Crippen molar-refractivity contribution in [3.8, 4) is 0 Å². The number of hydrogen-bond acceptors (Lipinski definition) is 4. The number of benzene rings is 1. The molecule has 27 heavy (non-hydrogen) atoms. The van der Waals surface area contributed by atoms with Crippen molar-refractivity contribution in [2.24, 2.45) is 0 Å². The molecule has 1 spiro atoms. The van der Waals surface area contributed by atoms with Crippen LogP contribution < -0.4 is 16.0 Å². The first-order valence-corrected chi connectivity index (χ1v) is 10.7. The van der Waals surface area contributed by atoms with Crippen molar-refractivity contribution in [2.75, 3.05) is 19.6 Å². The molecule has 0 aromatic heterocycles. The smallest absolute Gasteiger partial charge is 0.221 e. The molecule has 1 aromatic carbocycles. The van der Waals surface area contributed by atoms with Crippen LogP contribution in [0.3, 0.4) is 0 Å². The Labute approximate surface area is 162 Å². The Kier molecular flexibility index (Phi) is 5.81. The zero-order valence-corrected chi connectivity index (χ0v) is 16.2. The minimum absolute atomic E-state index is 0.0817. The highest BCUT2D eigenvalue weighted by Gasteiger charge is 2.51. The summed E-state index contributed by atoms with van der Waals surface area (Å²) in [4.78, 5) is 12.3. The highest BCUT2D eigenvalue weighted by Crippen LogP contribution is 2.49. The second-order valence-corrected chi connectivity index (χ2v) is 8.52. The molecule has 1 heterocycles. The second kappa shape index (κ2) is 8.29. The number of nitrogens with one attached hydrogen (secondary N) is 3. The highest BCUT2D eigenvalue weighted by molar-refractivity contribution is 5.76. The van der Waals surface area contributed by atoms with E-state index in [0.717, 1.165) is 38.8 Å². The number of aliphatic hydroxyl groups excluding tert-OH is 1. The normalized spacial score (nSPS) is 27.4.